The van der Waals surface area contributed by atoms with Gasteiger partial charge in [0.25, 0.3) is 0 Å². The van der Waals surface area contributed by atoms with E-state index in [1.54, 1.807) is 12.3 Å². The minimum absolute atomic E-state index is 0.389. The van der Waals surface area contributed by atoms with Gasteiger partial charge in [-0.3, -0.25) is 0 Å². The number of anilines is 1. The van der Waals surface area contributed by atoms with E-state index in [4.69, 9.17) is 10.00 Å². The highest BCUT2D eigenvalue weighted by atomic mass is 16.5. The molecule has 0 aliphatic carbocycles. The summed E-state index contributed by atoms with van der Waals surface area (Å²) in [6.45, 7) is 6.86. The Morgan fingerprint density at radius 2 is 2.31 bits per heavy atom. The highest BCUT2D eigenvalue weighted by Crippen LogP contribution is 2.06. The lowest BCUT2D eigenvalue weighted by atomic mass is 10.4. The Kier molecular flexibility index (Phi) is 5.23. The van der Waals surface area contributed by atoms with Gasteiger partial charge in [-0.05, 0) is 19.9 Å². The maximum atomic E-state index is 8.75. The highest BCUT2D eigenvalue weighted by molar-refractivity contribution is 5.33. The van der Waals surface area contributed by atoms with Crippen LogP contribution in [0.5, 0.6) is 0 Å². The Hall–Kier alpha value is -1.67. The molecule has 86 valence electrons. The van der Waals surface area contributed by atoms with Crippen LogP contribution in [0.4, 0.5) is 5.95 Å². The summed E-state index contributed by atoms with van der Waals surface area (Å²) in [7, 11) is 0. The molecule has 0 unspecified atom stereocenters. The quantitative estimate of drug-likeness (QED) is 0.674. The molecule has 0 aliphatic rings. The van der Waals surface area contributed by atoms with E-state index in [1.165, 1.54) is 0 Å². The molecule has 1 heterocycles. The zero-order valence-corrected chi connectivity index (χ0v) is 9.68. The first kappa shape index (κ1) is 12.4. The van der Waals surface area contributed by atoms with Crippen molar-refractivity contribution in [3.8, 4) is 6.07 Å². The normalized spacial score (nSPS) is 9.81. The number of hydrogen-bond acceptors (Lipinski definition) is 5. The van der Waals surface area contributed by atoms with Gasteiger partial charge in [0.2, 0.25) is 5.95 Å². The summed E-state index contributed by atoms with van der Waals surface area (Å²) >= 11 is 0. The van der Waals surface area contributed by atoms with Crippen molar-refractivity contribution in [3.05, 3.63) is 18.0 Å². The van der Waals surface area contributed by atoms with Gasteiger partial charge in [0, 0.05) is 25.9 Å². The fourth-order valence-corrected chi connectivity index (χ4v) is 1.28. The first-order valence-corrected chi connectivity index (χ1v) is 5.37. The van der Waals surface area contributed by atoms with Crippen molar-refractivity contribution in [2.24, 2.45) is 0 Å². The lowest BCUT2D eigenvalue weighted by molar-refractivity contribution is 0.153. The Bertz CT molecular complexity index is 361. The molecular formula is C11H16N4O. The van der Waals surface area contributed by atoms with Gasteiger partial charge in [-0.2, -0.15) is 5.26 Å². The van der Waals surface area contributed by atoms with Crippen LogP contribution in [0.2, 0.25) is 0 Å². The van der Waals surface area contributed by atoms with E-state index in [2.05, 4.69) is 9.97 Å². The molecule has 1 rings (SSSR count). The molecule has 0 radical (unpaired) electrons. The van der Waals surface area contributed by atoms with Gasteiger partial charge in [-0.1, -0.05) is 0 Å². The zero-order valence-electron chi connectivity index (χ0n) is 9.68. The SMILES string of the molecule is CCOCCN(CC)c1nccc(C#N)n1. The summed E-state index contributed by atoms with van der Waals surface area (Å²) in [4.78, 5) is 10.3. The van der Waals surface area contributed by atoms with Crippen LogP contribution in [0.1, 0.15) is 19.5 Å². The topological polar surface area (TPSA) is 62.0 Å². The summed E-state index contributed by atoms with van der Waals surface area (Å²) in [6, 6.07) is 3.60. The number of aromatic nitrogens is 2. The van der Waals surface area contributed by atoms with Gasteiger partial charge in [-0.25, -0.2) is 9.97 Å². The summed E-state index contributed by atoms with van der Waals surface area (Å²) in [5.41, 5.74) is 0.389. The minimum atomic E-state index is 0.389. The molecule has 0 aliphatic heterocycles. The number of ether oxygens (including phenoxy) is 1. The fraction of sp³-hybridized carbons (Fsp3) is 0.545. The summed E-state index contributed by atoms with van der Waals surface area (Å²) < 4.78 is 5.28. The second kappa shape index (κ2) is 6.75. The predicted octanol–water partition coefficient (Wildman–Crippen LogP) is 1.21. The Balaban J connectivity index is 2.67. The molecule has 0 saturated heterocycles. The third kappa shape index (κ3) is 3.48. The molecule has 1 aromatic heterocycles. The zero-order chi connectivity index (χ0) is 11.8. The first-order valence-electron chi connectivity index (χ1n) is 5.37. The molecule has 0 fully saturated rings. The van der Waals surface area contributed by atoms with E-state index in [-0.39, 0.29) is 0 Å². The summed E-state index contributed by atoms with van der Waals surface area (Å²) in [5.74, 6) is 0.584. The standard InChI is InChI=1S/C11H16N4O/c1-3-15(7-8-16-4-2)11-13-6-5-10(9-12)14-11/h5-6H,3-4,7-8H2,1-2H3. The van der Waals surface area contributed by atoms with Crippen molar-refractivity contribution in [2.45, 2.75) is 13.8 Å². The second-order valence-corrected chi connectivity index (χ2v) is 3.13. The van der Waals surface area contributed by atoms with E-state index >= 15 is 0 Å². The predicted molar refractivity (Wildman–Crippen MR) is 61.1 cm³/mol. The Morgan fingerprint density at radius 3 is 2.94 bits per heavy atom. The van der Waals surface area contributed by atoms with Gasteiger partial charge < -0.3 is 9.64 Å². The van der Waals surface area contributed by atoms with Crippen LogP contribution in [-0.2, 0) is 4.74 Å². The van der Waals surface area contributed by atoms with Gasteiger partial charge in [0.1, 0.15) is 11.8 Å². The average Bonchev–Trinajstić information content (AvgIpc) is 2.35. The maximum Gasteiger partial charge on any atom is 0.226 e. The minimum Gasteiger partial charge on any atom is -0.380 e. The first-order chi connectivity index (χ1) is 7.81. The number of likely N-dealkylation sites (N-methyl/N-ethyl adjacent to an activating group) is 1. The van der Waals surface area contributed by atoms with E-state index in [0.717, 1.165) is 13.1 Å². The van der Waals surface area contributed by atoms with Crippen LogP contribution >= 0.6 is 0 Å². The van der Waals surface area contributed by atoms with Gasteiger partial charge in [0.15, 0.2) is 0 Å². The number of nitriles is 1. The second-order valence-electron chi connectivity index (χ2n) is 3.13. The van der Waals surface area contributed by atoms with E-state index in [0.29, 0.717) is 24.9 Å². The molecule has 16 heavy (non-hydrogen) atoms. The third-order valence-electron chi connectivity index (χ3n) is 2.13. The average molecular weight is 220 g/mol. The number of rotatable bonds is 6. The van der Waals surface area contributed by atoms with Crippen LogP contribution < -0.4 is 4.90 Å². The van der Waals surface area contributed by atoms with Crippen molar-refractivity contribution in [1.29, 1.82) is 5.26 Å². The molecule has 0 amide bonds. The van der Waals surface area contributed by atoms with Crippen molar-refractivity contribution in [2.75, 3.05) is 31.2 Å². The van der Waals surface area contributed by atoms with E-state index < -0.39 is 0 Å². The van der Waals surface area contributed by atoms with Crippen LogP contribution in [0, 0.1) is 11.3 Å². The molecule has 0 N–H and O–H groups in total. The van der Waals surface area contributed by atoms with Crippen molar-refractivity contribution in [1.82, 2.24) is 9.97 Å². The molecule has 0 spiro atoms. The molecule has 0 aromatic carbocycles. The van der Waals surface area contributed by atoms with Gasteiger partial charge >= 0.3 is 0 Å². The van der Waals surface area contributed by atoms with Gasteiger partial charge in [-0.15, -0.1) is 0 Å². The Labute approximate surface area is 95.7 Å². The molecule has 0 atom stereocenters. The van der Waals surface area contributed by atoms with Crippen molar-refractivity contribution < 1.29 is 4.74 Å². The van der Waals surface area contributed by atoms with Crippen LogP contribution in [0.25, 0.3) is 0 Å². The maximum absolute atomic E-state index is 8.75. The van der Waals surface area contributed by atoms with Crippen molar-refractivity contribution in [3.63, 3.8) is 0 Å². The third-order valence-corrected chi connectivity index (χ3v) is 2.13. The largest absolute Gasteiger partial charge is 0.380 e. The summed E-state index contributed by atoms with van der Waals surface area (Å²) in [6.07, 6.45) is 1.60. The van der Waals surface area contributed by atoms with Crippen molar-refractivity contribution >= 4 is 5.95 Å². The Morgan fingerprint density at radius 1 is 1.50 bits per heavy atom. The highest BCUT2D eigenvalue weighted by Gasteiger charge is 2.07. The lowest BCUT2D eigenvalue weighted by Crippen LogP contribution is -2.29. The lowest BCUT2D eigenvalue weighted by Gasteiger charge is -2.20. The fourth-order valence-electron chi connectivity index (χ4n) is 1.28. The molecule has 1 aromatic rings. The summed E-state index contributed by atoms with van der Waals surface area (Å²) in [5, 5.41) is 8.75. The molecule has 5 heteroatoms. The van der Waals surface area contributed by atoms with Crippen LogP contribution in [0.15, 0.2) is 12.3 Å². The van der Waals surface area contributed by atoms with Crippen LogP contribution in [0.3, 0.4) is 0 Å². The molecular weight excluding hydrogens is 204 g/mol. The smallest absolute Gasteiger partial charge is 0.226 e. The van der Waals surface area contributed by atoms with Gasteiger partial charge in [0.05, 0.1) is 6.61 Å². The molecule has 0 bridgehead atoms. The van der Waals surface area contributed by atoms with Crippen LogP contribution in [-0.4, -0.2) is 36.3 Å². The number of nitrogens with zero attached hydrogens (tertiary/aromatic N) is 4. The van der Waals surface area contributed by atoms with E-state index in [9.17, 15) is 0 Å². The molecule has 5 nitrogen and oxygen atoms in total. The monoisotopic (exact) mass is 220 g/mol. The van der Waals surface area contributed by atoms with E-state index in [1.807, 2.05) is 24.8 Å². The number of hydrogen-bond donors (Lipinski definition) is 0. The molecule has 0 saturated carbocycles.